The Morgan fingerprint density at radius 3 is 2.67 bits per heavy atom. The third-order valence-corrected chi connectivity index (χ3v) is 4.13. The fraction of sp³-hybridized carbons (Fsp3) is 0.647. The van der Waals surface area contributed by atoms with Crippen molar-refractivity contribution in [2.45, 2.75) is 33.2 Å². The van der Waals surface area contributed by atoms with Crippen LogP contribution in [0.2, 0.25) is 0 Å². The molecule has 0 aliphatic carbocycles. The number of hydrogen-bond acceptors (Lipinski definition) is 3. The van der Waals surface area contributed by atoms with Crippen molar-refractivity contribution in [2.75, 3.05) is 31.1 Å². The van der Waals surface area contributed by atoms with Crippen LogP contribution in [0.25, 0.3) is 0 Å². The highest BCUT2D eigenvalue weighted by atomic mass is 19.1. The Balaban J connectivity index is 2.07. The number of nitrogens with one attached hydrogen (secondary N) is 1. The van der Waals surface area contributed by atoms with Gasteiger partial charge >= 0.3 is 0 Å². The Morgan fingerprint density at radius 1 is 1.33 bits per heavy atom. The fourth-order valence-corrected chi connectivity index (χ4v) is 2.89. The second-order valence-electron chi connectivity index (χ2n) is 6.39. The van der Waals surface area contributed by atoms with E-state index in [-0.39, 0.29) is 12.4 Å². The van der Waals surface area contributed by atoms with E-state index in [0.29, 0.717) is 18.4 Å². The molecule has 0 amide bonds. The van der Waals surface area contributed by atoms with Gasteiger partial charge in [-0.2, -0.15) is 0 Å². The summed E-state index contributed by atoms with van der Waals surface area (Å²) in [7, 11) is 0. The lowest BCUT2D eigenvalue weighted by molar-refractivity contribution is 0.202. The van der Waals surface area contributed by atoms with Crippen LogP contribution in [-0.4, -0.2) is 31.3 Å². The molecule has 0 unspecified atom stereocenters. The normalized spacial score (nSPS) is 16.7. The van der Waals surface area contributed by atoms with Crippen molar-refractivity contribution in [1.29, 1.82) is 0 Å². The first-order valence-corrected chi connectivity index (χ1v) is 7.95. The van der Waals surface area contributed by atoms with Crippen LogP contribution < -0.4 is 10.2 Å². The summed E-state index contributed by atoms with van der Waals surface area (Å²) in [5.41, 5.74) is 1.77. The van der Waals surface area contributed by atoms with Gasteiger partial charge in [0.2, 0.25) is 0 Å². The predicted octanol–water partition coefficient (Wildman–Crippen LogP) is 2.78. The molecule has 0 saturated carbocycles. The van der Waals surface area contributed by atoms with Crippen molar-refractivity contribution in [3.05, 3.63) is 29.6 Å². The summed E-state index contributed by atoms with van der Waals surface area (Å²) in [6.45, 7) is 7.85. The van der Waals surface area contributed by atoms with Gasteiger partial charge in [0.25, 0.3) is 0 Å². The van der Waals surface area contributed by atoms with Gasteiger partial charge in [-0.3, -0.25) is 0 Å². The second-order valence-corrected chi connectivity index (χ2v) is 6.39. The number of hydrogen-bond donors (Lipinski definition) is 2. The van der Waals surface area contributed by atoms with E-state index >= 15 is 0 Å². The lowest BCUT2D eigenvalue weighted by Gasteiger charge is -2.34. The Kier molecular flexibility index (Phi) is 6.00. The van der Waals surface area contributed by atoms with Crippen LogP contribution in [0, 0.1) is 17.7 Å². The zero-order valence-corrected chi connectivity index (χ0v) is 13.1. The SMILES string of the molecule is CC(C)CNCc1cccc(F)c1N1CCC(CO)CC1. The van der Waals surface area contributed by atoms with Crippen LogP contribution in [0.15, 0.2) is 18.2 Å². The quantitative estimate of drug-likeness (QED) is 0.847. The zero-order valence-electron chi connectivity index (χ0n) is 13.1. The van der Waals surface area contributed by atoms with Gasteiger partial charge in [0.1, 0.15) is 5.82 Å². The largest absolute Gasteiger partial charge is 0.396 e. The van der Waals surface area contributed by atoms with Crippen LogP contribution in [0.4, 0.5) is 10.1 Å². The summed E-state index contributed by atoms with van der Waals surface area (Å²) in [5.74, 6) is 0.819. The van der Waals surface area contributed by atoms with Crippen LogP contribution >= 0.6 is 0 Å². The molecule has 1 fully saturated rings. The highest BCUT2D eigenvalue weighted by Crippen LogP contribution is 2.29. The summed E-state index contributed by atoms with van der Waals surface area (Å²) >= 11 is 0. The molecule has 1 aromatic rings. The van der Waals surface area contributed by atoms with Gasteiger partial charge in [0.15, 0.2) is 0 Å². The molecule has 118 valence electrons. The smallest absolute Gasteiger partial charge is 0.146 e. The van der Waals surface area contributed by atoms with Crippen molar-refractivity contribution < 1.29 is 9.50 Å². The van der Waals surface area contributed by atoms with E-state index in [1.807, 2.05) is 6.07 Å². The summed E-state index contributed by atoms with van der Waals surface area (Å²) in [4.78, 5) is 2.13. The molecule has 21 heavy (non-hydrogen) atoms. The van der Waals surface area contributed by atoms with Gasteiger partial charge in [-0.05, 0) is 42.9 Å². The topological polar surface area (TPSA) is 35.5 Å². The van der Waals surface area contributed by atoms with Crippen molar-refractivity contribution >= 4 is 5.69 Å². The number of rotatable bonds is 6. The third kappa shape index (κ3) is 4.42. The highest BCUT2D eigenvalue weighted by Gasteiger charge is 2.22. The molecule has 0 spiro atoms. The van der Waals surface area contributed by atoms with E-state index in [9.17, 15) is 9.50 Å². The molecule has 2 N–H and O–H groups in total. The van der Waals surface area contributed by atoms with E-state index in [4.69, 9.17) is 0 Å². The Bertz CT molecular complexity index is 442. The van der Waals surface area contributed by atoms with Crippen molar-refractivity contribution in [2.24, 2.45) is 11.8 Å². The zero-order chi connectivity index (χ0) is 15.2. The van der Waals surface area contributed by atoms with E-state index in [0.717, 1.165) is 43.7 Å². The number of piperidine rings is 1. The number of para-hydroxylation sites is 1. The fourth-order valence-electron chi connectivity index (χ4n) is 2.89. The summed E-state index contributed by atoms with van der Waals surface area (Å²) in [6, 6.07) is 5.33. The van der Waals surface area contributed by atoms with Crippen LogP contribution in [0.5, 0.6) is 0 Å². The monoisotopic (exact) mass is 294 g/mol. The van der Waals surface area contributed by atoms with Crippen molar-refractivity contribution in [1.82, 2.24) is 5.32 Å². The van der Waals surface area contributed by atoms with Gasteiger partial charge in [-0.15, -0.1) is 0 Å². The van der Waals surface area contributed by atoms with Crippen LogP contribution in [-0.2, 0) is 6.54 Å². The summed E-state index contributed by atoms with van der Waals surface area (Å²) in [6.07, 6.45) is 1.87. The lowest BCUT2D eigenvalue weighted by atomic mass is 9.96. The van der Waals surface area contributed by atoms with E-state index in [1.54, 1.807) is 12.1 Å². The molecule has 0 atom stereocenters. The van der Waals surface area contributed by atoms with Crippen LogP contribution in [0.3, 0.4) is 0 Å². The molecular weight excluding hydrogens is 267 g/mol. The molecule has 1 aromatic carbocycles. The van der Waals surface area contributed by atoms with E-state index in [2.05, 4.69) is 24.1 Å². The molecule has 1 heterocycles. The summed E-state index contributed by atoms with van der Waals surface area (Å²) in [5, 5.41) is 12.6. The molecule has 1 saturated heterocycles. The third-order valence-electron chi connectivity index (χ3n) is 4.13. The molecule has 3 nitrogen and oxygen atoms in total. The average molecular weight is 294 g/mol. The maximum absolute atomic E-state index is 14.3. The molecule has 4 heteroatoms. The lowest BCUT2D eigenvalue weighted by Crippen LogP contribution is -2.36. The minimum atomic E-state index is -0.138. The molecule has 0 radical (unpaired) electrons. The van der Waals surface area contributed by atoms with Crippen LogP contribution in [0.1, 0.15) is 32.3 Å². The first kappa shape index (κ1) is 16.2. The number of benzene rings is 1. The number of aliphatic hydroxyl groups excluding tert-OH is 1. The van der Waals surface area contributed by atoms with Gasteiger partial charge in [0.05, 0.1) is 5.69 Å². The number of aliphatic hydroxyl groups is 1. The summed E-state index contributed by atoms with van der Waals surface area (Å²) < 4.78 is 14.3. The molecular formula is C17H27FN2O. The average Bonchev–Trinajstić information content (AvgIpc) is 2.47. The first-order valence-electron chi connectivity index (χ1n) is 7.95. The first-order chi connectivity index (χ1) is 10.1. The minimum Gasteiger partial charge on any atom is -0.396 e. The van der Waals surface area contributed by atoms with Gasteiger partial charge in [-0.1, -0.05) is 26.0 Å². The number of anilines is 1. The van der Waals surface area contributed by atoms with Gasteiger partial charge in [0, 0.05) is 26.2 Å². The van der Waals surface area contributed by atoms with E-state index < -0.39 is 0 Å². The van der Waals surface area contributed by atoms with E-state index in [1.165, 1.54) is 0 Å². The molecule has 1 aliphatic heterocycles. The molecule has 1 aliphatic rings. The van der Waals surface area contributed by atoms with Gasteiger partial charge in [-0.25, -0.2) is 4.39 Å². The number of nitrogens with zero attached hydrogens (tertiary/aromatic N) is 1. The Morgan fingerprint density at radius 2 is 2.05 bits per heavy atom. The highest BCUT2D eigenvalue weighted by molar-refractivity contribution is 5.55. The number of halogens is 1. The Hall–Kier alpha value is -1.13. The van der Waals surface area contributed by atoms with Crippen molar-refractivity contribution in [3.63, 3.8) is 0 Å². The second kappa shape index (κ2) is 7.76. The van der Waals surface area contributed by atoms with Gasteiger partial charge < -0.3 is 15.3 Å². The maximum atomic E-state index is 14.3. The molecule has 0 aromatic heterocycles. The minimum absolute atomic E-state index is 0.138. The Labute approximate surface area is 127 Å². The van der Waals surface area contributed by atoms with Crippen molar-refractivity contribution in [3.8, 4) is 0 Å². The standard InChI is InChI=1S/C17H27FN2O/c1-13(2)10-19-11-15-4-3-5-16(18)17(15)20-8-6-14(12-21)7-9-20/h3-5,13-14,19,21H,6-12H2,1-2H3. The maximum Gasteiger partial charge on any atom is 0.146 e. The molecule has 2 rings (SSSR count). The predicted molar refractivity (Wildman–Crippen MR) is 85.0 cm³/mol. The molecule has 0 bridgehead atoms.